The first-order valence-corrected chi connectivity index (χ1v) is 7.55. The Bertz CT molecular complexity index is 453. The van der Waals surface area contributed by atoms with E-state index in [0.717, 1.165) is 44.4 Å². The molecule has 1 aromatic rings. The van der Waals surface area contributed by atoms with Crippen LogP contribution in [-0.2, 0) is 16.0 Å². The summed E-state index contributed by atoms with van der Waals surface area (Å²) in [5.41, 5.74) is 2.34. The highest BCUT2D eigenvalue weighted by molar-refractivity contribution is 6.02. The van der Waals surface area contributed by atoms with E-state index in [4.69, 9.17) is 4.74 Å². The molecule has 1 aliphatic carbocycles. The second kappa shape index (κ2) is 7.83. The number of aliphatic imine (C=N–C) groups is 1. The number of ether oxygens (including phenoxy) is 1. The minimum atomic E-state index is -0.0977. The number of benzene rings is 1. The molecule has 1 aliphatic rings. The monoisotopic (exact) mass is 273 g/mol. The zero-order valence-corrected chi connectivity index (χ0v) is 12.2. The van der Waals surface area contributed by atoms with Crippen molar-refractivity contribution < 1.29 is 9.53 Å². The van der Waals surface area contributed by atoms with Crippen LogP contribution in [0.3, 0.4) is 0 Å². The van der Waals surface area contributed by atoms with Crippen molar-refractivity contribution in [1.82, 2.24) is 0 Å². The molecule has 3 heteroatoms. The summed E-state index contributed by atoms with van der Waals surface area (Å²) < 4.78 is 5.16. The highest BCUT2D eigenvalue weighted by Gasteiger charge is 2.27. The lowest BCUT2D eigenvalue weighted by atomic mass is 9.87. The van der Waals surface area contributed by atoms with E-state index in [2.05, 4.69) is 17.1 Å². The predicted octanol–water partition coefficient (Wildman–Crippen LogP) is 3.42. The molecule has 0 aliphatic heterocycles. The topological polar surface area (TPSA) is 38.7 Å². The van der Waals surface area contributed by atoms with Gasteiger partial charge in [0.15, 0.2) is 0 Å². The first-order valence-electron chi connectivity index (χ1n) is 7.55. The Kier molecular flexibility index (Phi) is 5.78. The van der Waals surface area contributed by atoms with Crippen LogP contribution in [0, 0.1) is 5.92 Å². The average Bonchev–Trinajstić information content (AvgIpc) is 2.49. The van der Waals surface area contributed by atoms with Gasteiger partial charge >= 0.3 is 5.97 Å². The van der Waals surface area contributed by atoms with Crippen molar-refractivity contribution in [2.45, 2.75) is 39.0 Å². The van der Waals surface area contributed by atoms with Gasteiger partial charge in [-0.25, -0.2) is 0 Å². The molecule has 1 fully saturated rings. The molecule has 1 atom stereocenters. The van der Waals surface area contributed by atoms with Crippen molar-refractivity contribution in [2.75, 3.05) is 13.2 Å². The van der Waals surface area contributed by atoms with Crippen LogP contribution in [0.4, 0.5) is 0 Å². The molecule has 0 spiro atoms. The molecule has 0 saturated heterocycles. The molecule has 0 N–H and O–H groups in total. The summed E-state index contributed by atoms with van der Waals surface area (Å²) in [7, 11) is 0. The lowest BCUT2D eigenvalue weighted by molar-refractivity contribution is -0.146. The molecule has 0 heterocycles. The molecule has 0 bridgehead atoms. The van der Waals surface area contributed by atoms with Gasteiger partial charge in [-0.15, -0.1) is 0 Å². The van der Waals surface area contributed by atoms with Gasteiger partial charge in [0.25, 0.3) is 0 Å². The molecule has 0 aromatic heterocycles. The van der Waals surface area contributed by atoms with Gasteiger partial charge in [0, 0.05) is 12.3 Å². The molecule has 2 rings (SSSR count). The lowest BCUT2D eigenvalue weighted by Crippen LogP contribution is -2.29. The van der Waals surface area contributed by atoms with Gasteiger partial charge in [-0.3, -0.25) is 9.79 Å². The second-order valence-corrected chi connectivity index (χ2v) is 5.16. The van der Waals surface area contributed by atoms with Gasteiger partial charge in [0.1, 0.15) is 0 Å². The second-order valence-electron chi connectivity index (χ2n) is 5.16. The Labute approximate surface area is 121 Å². The molecule has 3 nitrogen and oxygen atoms in total. The van der Waals surface area contributed by atoms with Crippen molar-refractivity contribution in [2.24, 2.45) is 10.9 Å². The van der Waals surface area contributed by atoms with Gasteiger partial charge in [-0.1, -0.05) is 36.8 Å². The fourth-order valence-electron chi connectivity index (χ4n) is 2.65. The van der Waals surface area contributed by atoms with E-state index in [1.54, 1.807) is 0 Å². The third kappa shape index (κ3) is 4.19. The molecule has 1 aromatic carbocycles. The fourth-order valence-corrected chi connectivity index (χ4v) is 2.65. The highest BCUT2D eigenvalue weighted by Crippen LogP contribution is 2.23. The first-order chi connectivity index (χ1) is 9.81. The Morgan fingerprint density at radius 2 is 2.10 bits per heavy atom. The van der Waals surface area contributed by atoms with Crippen LogP contribution < -0.4 is 0 Å². The van der Waals surface area contributed by atoms with Crippen LogP contribution in [0.5, 0.6) is 0 Å². The summed E-state index contributed by atoms with van der Waals surface area (Å²) in [6.45, 7) is 3.06. The van der Waals surface area contributed by atoms with Crippen LogP contribution in [-0.4, -0.2) is 24.8 Å². The van der Waals surface area contributed by atoms with Crippen LogP contribution in [0.25, 0.3) is 0 Å². The van der Waals surface area contributed by atoms with Gasteiger partial charge < -0.3 is 4.74 Å². The minimum Gasteiger partial charge on any atom is -0.465 e. The molecule has 1 unspecified atom stereocenters. The number of esters is 1. The average molecular weight is 273 g/mol. The Balaban J connectivity index is 1.93. The summed E-state index contributed by atoms with van der Waals surface area (Å²) >= 11 is 0. The van der Waals surface area contributed by atoms with E-state index in [1.807, 2.05) is 25.1 Å². The quantitative estimate of drug-likeness (QED) is 0.771. The van der Waals surface area contributed by atoms with E-state index in [0.29, 0.717) is 6.61 Å². The van der Waals surface area contributed by atoms with Crippen molar-refractivity contribution >= 4 is 11.7 Å². The smallest absolute Gasteiger partial charge is 0.314 e. The van der Waals surface area contributed by atoms with Gasteiger partial charge in [0.2, 0.25) is 0 Å². The molecular weight excluding hydrogens is 250 g/mol. The molecule has 0 radical (unpaired) electrons. The Morgan fingerprint density at radius 3 is 2.85 bits per heavy atom. The number of carbonyl (C=O) groups excluding carboxylic acids is 1. The minimum absolute atomic E-state index is 0.0920. The third-order valence-electron chi connectivity index (χ3n) is 3.71. The van der Waals surface area contributed by atoms with Crippen molar-refractivity contribution in [3.8, 4) is 0 Å². The Hall–Kier alpha value is -1.64. The van der Waals surface area contributed by atoms with Crippen LogP contribution in [0.2, 0.25) is 0 Å². The number of hydrogen-bond acceptors (Lipinski definition) is 3. The number of nitrogens with zero attached hydrogens (tertiary/aromatic N) is 1. The van der Waals surface area contributed by atoms with Gasteiger partial charge in [-0.2, -0.15) is 0 Å². The van der Waals surface area contributed by atoms with Crippen molar-refractivity contribution in [3.05, 3.63) is 35.9 Å². The number of carbonyl (C=O) groups is 1. The maximum Gasteiger partial charge on any atom is 0.314 e. The van der Waals surface area contributed by atoms with E-state index < -0.39 is 0 Å². The first kappa shape index (κ1) is 14.8. The summed E-state index contributed by atoms with van der Waals surface area (Å²) in [5.74, 6) is -0.190. The van der Waals surface area contributed by atoms with Crippen molar-refractivity contribution in [1.29, 1.82) is 0 Å². The molecule has 0 amide bonds. The van der Waals surface area contributed by atoms with Crippen LogP contribution >= 0.6 is 0 Å². The zero-order valence-electron chi connectivity index (χ0n) is 12.2. The maximum absolute atomic E-state index is 11.9. The van der Waals surface area contributed by atoms with Crippen LogP contribution in [0.15, 0.2) is 35.3 Å². The summed E-state index contributed by atoms with van der Waals surface area (Å²) in [6, 6.07) is 10.3. The summed E-state index contributed by atoms with van der Waals surface area (Å²) in [4.78, 5) is 16.6. The third-order valence-corrected chi connectivity index (χ3v) is 3.71. The Morgan fingerprint density at radius 1 is 1.30 bits per heavy atom. The summed E-state index contributed by atoms with van der Waals surface area (Å²) in [6.07, 6.45) is 5.00. The molecule has 108 valence electrons. The summed E-state index contributed by atoms with van der Waals surface area (Å²) in [5, 5.41) is 0. The highest BCUT2D eigenvalue weighted by atomic mass is 16.5. The number of rotatable bonds is 5. The largest absolute Gasteiger partial charge is 0.465 e. The van der Waals surface area contributed by atoms with E-state index in [9.17, 15) is 4.79 Å². The molecular formula is C17H23NO2. The SMILES string of the molecule is CCOC(=O)C1CCCCC1=NCCc1ccccc1. The maximum atomic E-state index is 11.9. The van der Waals surface area contributed by atoms with Crippen molar-refractivity contribution in [3.63, 3.8) is 0 Å². The number of hydrogen-bond donors (Lipinski definition) is 0. The zero-order chi connectivity index (χ0) is 14.2. The molecule has 20 heavy (non-hydrogen) atoms. The predicted molar refractivity (Wildman–Crippen MR) is 81.0 cm³/mol. The van der Waals surface area contributed by atoms with Gasteiger partial charge in [0.05, 0.1) is 12.5 Å². The van der Waals surface area contributed by atoms with E-state index >= 15 is 0 Å². The standard InChI is InChI=1S/C17H23NO2/c1-2-20-17(19)15-10-6-7-11-16(15)18-13-12-14-8-4-3-5-9-14/h3-5,8-9,15H,2,6-7,10-13H2,1H3. The van der Waals surface area contributed by atoms with E-state index in [1.165, 1.54) is 5.56 Å². The fraction of sp³-hybridized carbons (Fsp3) is 0.529. The van der Waals surface area contributed by atoms with Crippen LogP contribution in [0.1, 0.15) is 38.2 Å². The lowest BCUT2D eigenvalue weighted by Gasteiger charge is -2.22. The molecule has 1 saturated carbocycles. The van der Waals surface area contributed by atoms with E-state index in [-0.39, 0.29) is 11.9 Å². The normalized spacial score (nSPS) is 20.9. The van der Waals surface area contributed by atoms with Gasteiger partial charge in [-0.05, 0) is 38.2 Å².